The molecule has 0 unspecified atom stereocenters. The Morgan fingerprint density at radius 1 is 1.50 bits per heavy atom. The summed E-state index contributed by atoms with van der Waals surface area (Å²) < 4.78 is 0. The molecule has 0 bridgehead atoms. The molecule has 0 saturated carbocycles. The molecular formula is C10H12N2. The fraction of sp³-hybridized carbons (Fsp3) is 0.300. The van der Waals surface area contributed by atoms with Crippen molar-refractivity contribution in [3.05, 3.63) is 35.7 Å². The summed E-state index contributed by atoms with van der Waals surface area (Å²) in [5.41, 5.74) is 1.72. The molecule has 2 heteroatoms. The van der Waals surface area contributed by atoms with Crippen LogP contribution >= 0.6 is 0 Å². The smallest absolute Gasteiger partial charge is 0.189 e. The number of nitrogens with one attached hydrogen (secondary N) is 1. The Bertz CT molecular complexity index is 286. The molecule has 0 radical (unpaired) electrons. The van der Waals surface area contributed by atoms with E-state index in [1.165, 1.54) is 0 Å². The van der Waals surface area contributed by atoms with Gasteiger partial charge in [0, 0.05) is 12.2 Å². The topological polar surface area (TPSA) is 16.4 Å². The molecule has 0 heterocycles. The van der Waals surface area contributed by atoms with E-state index in [4.69, 9.17) is 6.57 Å². The molecule has 0 atom stereocenters. The first-order valence-corrected chi connectivity index (χ1v) is 4.08. The first-order chi connectivity index (χ1) is 5.86. The van der Waals surface area contributed by atoms with E-state index in [1.54, 1.807) is 0 Å². The third-order valence-corrected chi connectivity index (χ3v) is 1.55. The number of hydrogen-bond donors (Lipinski definition) is 1. The first kappa shape index (κ1) is 8.61. The van der Waals surface area contributed by atoms with Crippen LogP contribution in [-0.2, 0) is 0 Å². The van der Waals surface area contributed by atoms with Gasteiger partial charge in [-0.1, -0.05) is 19.1 Å². The van der Waals surface area contributed by atoms with E-state index in [0.29, 0.717) is 5.69 Å². The van der Waals surface area contributed by atoms with Crippen LogP contribution in [0.15, 0.2) is 24.3 Å². The van der Waals surface area contributed by atoms with E-state index < -0.39 is 0 Å². The van der Waals surface area contributed by atoms with Crippen LogP contribution in [0.4, 0.5) is 11.4 Å². The Hall–Kier alpha value is -1.49. The van der Waals surface area contributed by atoms with Crippen molar-refractivity contribution in [2.75, 3.05) is 11.9 Å². The van der Waals surface area contributed by atoms with Gasteiger partial charge >= 0.3 is 0 Å². The van der Waals surface area contributed by atoms with Crippen LogP contribution in [0.5, 0.6) is 0 Å². The molecule has 1 N–H and O–H groups in total. The predicted octanol–water partition coefficient (Wildman–Crippen LogP) is 3.06. The van der Waals surface area contributed by atoms with Gasteiger partial charge in [-0.05, 0) is 18.6 Å². The molecule has 0 spiro atoms. The van der Waals surface area contributed by atoms with Crippen molar-refractivity contribution in [3.63, 3.8) is 0 Å². The zero-order chi connectivity index (χ0) is 8.81. The van der Waals surface area contributed by atoms with Crippen LogP contribution in [0.1, 0.15) is 13.3 Å². The summed E-state index contributed by atoms with van der Waals surface area (Å²) in [6, 6.07) is 7.54. The molecule has 0 saturated heterocycles. The Balaban J connectivity index is 2.68. The summed E-state index contributed by atoms with van der Waals surface area (Å²) in [6.07, 6.45) is 1.10. The van der Waals surface area contributed by atoms with Gasteiger partial charge in [0.15, 0.2) is 5.69 Å². The van der Waals surface area contributed by atoms with E-state index in [1.807, 2.05) is 24.3 Å². The number of anilines is 1. The maximum atomic E-state index is 6.81. The fourth-order valence-electron chi connectivity index (χ4n) is 0.955. The van der Waals surface area contributed by atoms with Crippen molar-refractivity contribution in [1.29, 1.82) is 0 Å². The number of hydrogen-bond acceptors (Lipinski definition) is 1. The highest BCUT2D eigenvalue weighted by Gasteiger charge is 1.92. The molecule has 0 aliphatic carbocycles. The van der Waals surface area contributed by atoms with Gasteiger partial charge in [-0.2, -0.15) is 0 Å². The lowest BCUT2D eigenvalue weighted by molar-refractivity contribution is 0.980. The van der Waals surface area contributed by atoms with Crippen molar-refractivity contribution in [1.82, 2.24) is 0 Å². The minimum absolute atomic E-state index is 0.691. The van der Waals surface area contributed by atoms with E-state index >= 15 is 0 Å². The van der Waals surface area contributed by atoms with Crippen molar-refractivity contribution >= 4 is 11.4 Å². The van der Waals surface area contributed by atoms with Gasteiger partial charge in [-0.3, -0.25) is 0 Å². The minimum Gasteiger partial charge on any atom is -0.386 e. The summed E-state index contributed by atoms with van der Waals surface area (Å²) in [5.74, 6) is 0. The normalized spacial score (nSPS) is 9.00. The second kappa shape index (κ2) is 4.40. The van der Waals surface area contributed by atoms with Crippen LogP contribution in [0.25, 0.3) is 4.85 Å². The Morgan fingerprint density at radius 2 is 2.33 bits per heavy atom. The van der Waals surface area contributed by atoms with E-state index in [2.05, 4.69) is 17.1 Å². The van der Waals surface area contributed by atoms with E-state index in [-0.39, 0.29) is 0 Å². The van der Waals surface area contributed by atoms with Crippen molar-refractivity contribution in [3.8, 4) is 0 Å². The second-order valence-corrected chi connectivity index (χ2v) is 2.59. The average Bonchev–Trinajstić information content (AvgIpc) is 2.15. The molecule has 62 valence electrons. The largest absolute Gasteiger partial charge is 0.386 e. The van der Waals surface area contributed by atoms with Crippen molar-refractivity contribution < 1.29 is 0 Å². The first-order valence-electron chi connectivity index (χ1n) is 4.08. The SMILES string of the molecule is [C-]#[N+]c1cccc(NCCC)c1. The molecule has 1 rings (SSSR count). The van der Waals surface area contributed by atoms with Gasteiger partial charge in [0.05, 0.1) is 6.57 Å². The lowest BCUT2D eigenvalue weighted by Gasteiger charge is -2.03. The summed E-state index contributed by atoms with van der Waals surface area (Å²) >= 11 is 0. The van der Waals surface area contributed by atoms with Crippen LogP contribution in [-0.4, -0.2) is 6.54 Å². The van der Waals surface area contributed by atoms with Gasteiger partial charge in [0.1, 0.15) is 0 Å². The maximum Gasteiger partial charge on any atom is 0.189 e. The fourth-order valence-corrected chi connectivity index (χ4v) is 0.955. The molecular weight excluding hydrogens is 148 g/mol. The van der Waals surface area contributed by atoms with Crippen molar-refractivity contribution in [2.24, 2.45) is 0 Å². The highest BCUT2D eigenvalue weighted by atomic mass is 14.9. The third kappa shape index (κ3) is 2.28. The van der Waals surface area contributed by atoms with E-state index in [0.717, 1.165) is 18.7 Å². The summed E-state index contributed by atoms with van der Waals surface area (Å²) in [6.45, 7) is 9.89. The van der Waals surface area contributed by atoms with Crippen LogP contribution in [0.3, 0.4) is 0 Å². The van der Waals surface area contributed by atoms with Crippen molar-refractivity contribution in [2.45, 2.75) is 13.3 Å². The van der Waals surface area contributed by atoms with Gasteiger partial charge in [-0.15, -0.1) is 0 Å². The highest BCUT2D eigenvalue weighted by molar-refractivity contribution is 5.57. The minimum atomic E-state index is 0.691. The Kier molecular flexibility index (Phi) is 3.16. The van der Waals surface area contributed by atoms with Gasteiger partial charge in [-0.25, -0.2) is 4.85 Å². The van der Waals surface area contributed by atoms with E-state index in [9.17, 15) is 0 Å². The molecule has 2 nitrogen and oxygen atoms in total. The predicted molar refractivity (Wildman–Crippen MR) is 51.5 cm³/mol. The zero-order valence-electron chi connectivity index (χ0n) is 7.17. The zero-order valence-corrected chi connectivity index (χ0v) is 7.17. The molecule has 1 aromatic carbocycles. The number of nitrogens with zero attached hydrogens (tertiary/aromatic N) is 1. The Morgan fingerprint density at radius 3 is 3.00 bits per heavy atom. The quantitative estimate of drug-likeness (QED) is 0.672. The molecule has 0 aromatic heterocycles. The molecule has 0 amide bonds. The molecule has 0 aliphatic heterocycles. The number of benzene rings is 1. The molecule has 12 heavy (non-hydrogen) atoms. The van der Waals surface area contributed by atoms with Crippen LogP contribution < -0.4 is 5.32 Å². The summed E-state index contributed by atoms with van der Waals surface area (Å²) in [4.78, 5) is 3.35. The van der Waals surface area contributed by atoms with Gasteiger partial charge in [0.2, 0.25) is 0 Å². The van der Waals surface area contributed by atoms with Gasteiger partial charge < -0.3 is 5.32 Å². The standard InChI is InChI=1S/C10H12N2/c1-3-7-12-10-6-4-5-9(8-10)11-2/h4-6,8,12H,3,7H2,1H3. The molecule has 0 aliphatic rings. The summed E-state index contributed by atoms with van der Waals surface area (Å²) in [5, 5.41) is 3.23. The van der Waals surface area contributed by atoms with Crippen LogP contribution in [0.2, 0.25) is 0 Å². The van der Waals surface area contributed by atoms with Gasteiger partial charge in [0.25, 0.3) is 0 Å². The lowest BCUT2D eigenvalue weighted by Crippen LogP contribution is -1.98. The Labute approximate surface area is 73.0 Å². The molecule has 1 aromatic rings. The monoisotopic (exact) mass is 160 g/mol. The second-order valence-electron chi connectivity index (χ2n) is 2.59. The lowest BCUT2D eigenvalue weighted by atomic mass is 10.3. The number of rotatable bonds is 3. The summed E-state index contributed by atoms with van der Waals surface area (Å²) in [7, 11) is 0. The third-order valence-electron chi connectivity index (χ3n) is 1.55. The molecule has 0 fully saturated rings. The highest BCUT2D eigenvalue weighted by Crippen LogP contribution is 2.17. The average molecular weight is 160 g/mol. The van der Waals surface area contributed by atoms with Crippen LogP contribution in [0, 0.1) is 6.57 Å². The maximum absolute atomic E-state index is 6.81.